The number of rotatable bonds is 6. The Kier molecular flexibility index (Phi) is 6.42. The Labute approximate surface area is 176 Å². The lowest BCUT2D eigenvalue weighted by Crippen LogP contribution is -2.17. The van der Waals surface area contributed by atoms with Gasteiger partial charge in [-0.05, 0) is 82.8 Å². The van der Waals surface area contributed by atoms with E-state index in [9.17, 15) is 13.2 Å². The van der Waals surface area contributed by atoms with Crippen LogP contribution in [0.4, 0.5) is 0 Å². The number of hydrogen-bond acceptors (Lipinski definition) is 5. The smallest absolute Gasteiger partial charge is 0.339 e. The highest BCUT2D eigenvalue weighted by Gasteiger charge is 2.15. The second-order valence-corrected chi connectivity index (χ2v) is 8.42. The molecule has 0 heterocycles. The molecule has 1 N–H and O–H groups in total. The molecule has 0 saturated heterocycles. The van der Waals surface area contributed by atoms with Crippen molar-refractivity contribution in [2.45, 2.75) is 4.90 Å². The van der Waals surface area contributed by atoms with Crippen LogP contribution >= 0.6 is 22.6 Å². The summed E-state index contributed by atoms with van der Waals surface area (Å²) < 4.78 is 30.5. The number of hydrogen-bond donors (Lipinski definition) is 1. The van der Waals surface area contributed by atoms with E-state index in [1.165, 1.54) is 30.5 Å². The molecular weight excluding hydrogens is 491 g/mol. The topological polar surface area (TPSA) is 84.8 Å². The van der Waals surface area contributed by atoms with E-state index >= 15 is 0 Å². The van der Waals surface area contributed by atoms with Gasteiger partial charge in [-0.1, -0.05) is 24.3 Å². The van der Waals surface area contributed by atoms with E-state index < -0.39 is 10.1 Å². The van der Waals surface area contributed by atoms with Gasteiger partial charge in [0.2, 0.25) is 0 Å². The van der Waals surface area contributed by atoms with Gasteiger partial charge in [0.25, 0.3) is 5.91 Å². The van der Waals surface area contributed by atoms with Crippen molar-refractivity contribution in [3.05, 3.63) is 93.6 Å². The molecule has 3 rings (SSSR count). The van der Waals surface area contributed by atoms with Crippen molar-refractivity contribution in [1.82, 2.24) is 5.43 Å². The number of carbonyl (C=O) groups is 1. The first-order valence-corrected chi connectivity index (χ1v) is 10.6. The third-order valence-corrected chi connectivity index (χ3v) is 5.52. The fourth-order valence-electron chi connectivity index (χ4n) is 2.23. The predicted octanol–water partition coefficient (Wildman–Crippen LogP) is 3.82. The first kappa shape index (κ1) is 20.0. The largest absolute Gasteiger partial charge is 0.379 e. The van der Waals surface area contributed by atoms with E-state index in [4.69, 9.17) is 4.18 Å². The van der Waals surface area contributed by atoms with E-state index in [1.807, 2.05) is 6.07 Å². The molecular formula is C20H15IN2O4S. The number of carbonyl (C=O) groups excluding carboxylic acids is 1. The maximum Gasteiger partial charge on any atom is 0.339 e. The minimum atomic E-state index is -3.88. The highest BCUT2D eigenvalue weighted by atomic mass is 127. The van der Waals surface area contributed by atoms with Crippen molar-refractivity contribution in [2.75, 3.05) is 0 Å². The molecule has 0 spiro atoms. The monoisotopic (exact) mass is 506 g/mol. The molecule has 0 aromatic heterocycles. The van der Waals surface area contributed by atoms with Crippen molar-refractivity contribution in [2.24, 2.45) is 5.10 Å². The number of nitrogens with one attached hydrogen (secondary N) is 1. The zero-order chi connectivity index (χ0) is 20.0. The van der Waals surface area contributed by atoms with Gasteiger partial charge in [-0.3, -0.25) is 4.79 Å². The molecule has 3 aromatic rings. The number of amides is 1. The number of halogens is 1. The lowest BCUT2D eigenvalue weighted by atomic mass is 10.2. The van der Waals surface area contributed by atoms with Crippen LogP contribution in [-0.4, -0.2) is 20.5 Å². The molecule has 0 aliphatic heterocycles. The van der Waals surface area contributed by atoms with Crippen molar-refractivity contribution < 1.29 is 17.4 Å². The molecule has 0 bridgehead atoms. The zero-order valence-corrected chi connectivity index (χ0v) is 17.4. The first-order chi connectivity index (χ1) is 13.4. The fraction of sp³-hybridized carbons (Fsp3) is 0. The van der Waals surface area contributed by atoms with E-state index in [1.54, 1.807) is 48.5 Å². The summed E-state index contributed by atoms with van der Waals surface area (Å²) in [6.07, 6.45) is 1.46. The van der Waals surface area contributed by atoms with E-state index in [0.717, 1.165) is 3.57 Å². The summed E-state index contributed by atoms with van der Waals surface area (Å²) in [6, 6.07) is 21.4. The molecule has 142 valence electrons. The van der Waals surface area contributed by atoms with Crippen molar-refractivity contribution in [3.8, 4) is 5.75 Å². The van der Waals surface area contributed by atoms with Crippen molar-refractivity contribution >= 4 is 44.8 Å². The Morgan fingerprint density at radius 3 is 2.36 bits per heavy atom. The summed E-state index contributed by atoms with van der Waals surface area (Å²) in [4.78, 5) is 12.1. The highest BCUT2D eigenvalue weighted by molar-refractivity contribution is 14.1. The lowest BCUT2D eigenvalue weighted by molar-refractivity contribution is 0.0955. The standard InChI is InChI=1S/C20H15IN2O4S/c21-17-6-4-5-16(13-17)20(24)23-22-14-15-9-11-18(12-10-15)27-28(25,26)19-7-2-1-3-8-19/h1-14H,(H,23,24)/b22-14-. The van der Waals surface area contributed by atoms with Gasteiger partial charge in [0.05, 0.1) is 6.21 Å². The third kappa shape index (κ3) is 5.40. The summed E-state index contributed by atoms with van der Waals surface area (Å²) in [7, 11) is -3.88. The summed E-state index contributed by atoms with van der Waals surface area (Å²) in [5, 5.41) is 3.91. The van der Waals surface area contributed by atoms with Crippen molar-refractivity contribution in [3.63, 3.8) is 0 Å². The Morgan fingerprint density at radius 1 is 0.964 bits per heavy atom. The molecule has 3 aromatic carbocycles. The molecule has 0 saturated carbocycles. The van der Waals surface area contributed by atoms with Gasteiger partial charge < -0.3 is 4.18 Å². The van der Waals surface area contributed by atoms with Gasteiger partial charge in [-0.25, -0.2) is 5.43 Å². The molecule has 6 nitrogen and oxygen atoms in total. The van der Waals surface area contributed by atoms with Gasteiger partial charge in [-0.2, -0.15) is 13.5 Å². The summed E-state index contributed by atoms with van der Waals surface area (Å²) in [5.74, 6) is -0.132. The van der Waals surface area contributed by atoms with Crippen LogP contribution in [0.5, 0.6) is 5.75 Å². The van der Waals surface area contributed by atoms with Crippen LogP contribution in [0.1, 0.15) is 15.9 Å². The lowest BCUT2D eigenvalue weighted by Gasteiger charge is -2.07. The minimum Gasteiger partial charge on any atom is -0.379 e. The van der Waals surface area contributed by atoms with Gasteiger partial charge in [0.15, 0.2) is 0 Å². The van der Waals surface area contributed by atoms with Crippen LogP contribution in [0, 0.1) is 3.57 Å². The van der Waals surface area contributed by atoms with E-state index in [2.05, 4.69) is 33.1 Å². The van der Waals surface area contributed by atoms with E-state index in [-0.39, 0.29) is 16.6 Å². The first-order valence-electron chi connectivity index (χ1n) is 8.13. The molecule has 0 aliphatic carbocycles. The van der Waals surface area contributed by atoms with Crippen LogP contribution in [0.25, 0.3) is 0 Å². The van der Waals surface area contributed by atoms with Crippen LogP contribution in [0.15, 0.2) is 88.9 Å². The van der Waals surface area contributed by atoms with Crippen LogP contribution in [-0.2, 0) is 10.1 Å². The van der Waals surface area contributed by atoms with Crippen LogP contribution in [0.3, 0.4) is 0 Å². The van der Waals surface area contributed by atoms with E-state index in [0.29, 0.717) is 11.1 Å². The molecule has 0 unspecified atom stereocenters. The summed E-state index contributed by atoms with van der Waals surface area (Å²) >= 11 is 2.13. The molecule has 0 aliphatic rings. The molecule has 0 atom stereocenters. The number of hydrazone groups is 1. The Hall–Kier alpha value is -2.72. The predicted molar refractivity (Wildman–Crippen MR) is 115 cm³/mol. The number of nitrogens with zero attached hydrogens (tertiary/aromatic N) is 1. The van der Waals surface area contributed by atoms with Crippen molar-refractivity contribution in [1.29, 1.82) is 0 Å². The molecule has 28 heavy (non-hydrogen) atoms. The van der Waals surface area contributed by atoms with Crippen LogP contribution in [0.2, 0.25) is 0 Å². The molecule has 8 heteroatoms. The summed E-state index contributed by atoms with van der Waals surface area (Å²) in [6.45, 7) is 0. The fourth-order valence-corrected chi connectivity index (χ4v) is 3.73. The average molecular weight is 506 g/mol. The quantitative estimate of drug-likeness (QED) is 0.239. The normalized spacial score (nSPS) is 11.3. The van der Waals surface area contributed by atoms with Gasteiger partial charge in [0, 0.05) is 9.13 Å². The SMILES string of the molecule is O=C(N/N=C\c1ccc(OS(=O)(=O)c2ccccc2)cc1)c1cccc(I)c1. The third-order valence-electron chi connectivity index (χ3n) is 3.58. The Morgan fingerprint density at radius 2 is 1.68 bits per heavy atom. The van der Waals surface area contributed by atoms with Gasteiger partial charge >= 0.3 is 10.1 Å². The summed E-state index contributed by atoms with van der Waals surface area (Å²) in [5.41, 5.74) is 3.64. The maximum atomic E-state index is 12.2. The average Bonchev–Trinajstić information content (AvgIpc) is 2.70. The maximum absolute atomic E-state index is 12.2. The van der Waals surface area contributed by atoms with Gasteiger partial charge in [0.1, 0.15) is 10.6 Å². The van der Waals surface area contributed by atoms with Gasteiger partial charge in [-0.15, -0.1) is 0 Å². The second kappa shape index (κ2) is 8.98. The zero-order valence-electron chi connectivity index (χ0n) is 14.4. The second-order valence-electron chi connectivity index (χ2n) is 5.63. The van der Waals surface area contributed by atoms with Crippen LogP contribution < -0.4 is 9.61 Å². The Balaban J connectivity index is 1.61. The Bertz CT molecular complexity index is 1100. The highest BCUT2D eigenvalue weighted by Crippen LogP contribution is 2.18. The minimum absolute atomic E-state index is 0.0823. The molecule has 0 fully saturated rings. The molecule has 1 amide bonds. The number of benzene rings is 3. The molecule has 0 radical (unpaired) electrons.